The Labute approximate surface area is 158 Å². The van der Waals surface area contributed by atoms with Crippen molar-refractivity contribution in [2.45, 2.75) is 4.90 Å². The Morgan fingerprint density at radius 1 is 0.962 bits per heavy atom. The molecule has 0 aliphatic rings. The molecule has 0 spiro atoms. The lowest BCUT2D eigenvalue weighted by molar-refractivity contribution is 0.602. The molecule has 132 valence electrons. The zero-order valence-corrected chi connectivity index (χ0v) is 15.9. The quantitative estimate of drug-likeness (QED) is 0.523. The van der Waals surface area contributed by atoms with Crippen LogP contribution in [0.5, 0.6) is 0 Å². The van der Waals surface area contributed by atoms with Gasteiger partial charge in [-0.2, -0.15) is 4.99 Å². The van der Waals surface area contributed by atoms with Gasteiger partial charge in [0.2, 0.25) is 0 Å². The van der Waals surface area contributed by atoms with Crippen molar-refractivity contribution in [2.24, 2.45) is 4.99 Å². The van der Waals surface area contributed by atoms with Gasteiger partial charge in [-0.3, -0.25) is 4.72 Å². The van der Waals surface area contributed by atoms with Crippen molar-refractivity contribution < 1.29 is 8.42 Å². The Hall–Kier alpha value is -2.73. The second kappa shape index (κ2) is 7.25. The number of thiocarbonyl (C=S) groups is 1. The van der Waals surface area contributed by atoms with E-state index in [2.05, 4.69) is 27.1 Å². The molecule has 0 heterocycles. The van der Waals surface area contributed by atoms with E-state index in [1.807, 2.05) is 43.3 Å². The first-order chi connectivity index (χ1) is 12.4. The van der Waals surface area contributed by atoms with Gasteiger partial charge in [-0.05, 0) is 48.6 Å². The molecule has 0 bridgehead atoms. The zero-order valence-electron chi connectivity index (χ0n) is 14.3. The Kier molecular flexibility index (Phi) is 5.04. The van der Waals surface area contributed by atoms with Gasteiger partial charge in [-0.1, -0.05) is 24.3 Å². The van der Waals surface area contributed by atoms with Crippen molar-refractivity contribution in [3.8, 4) is 0 Å². The van der Waals surface area contributed by atoms with E-state index in [1.165, 1.54) is 0 Å². The Morgan fingerprint density at radius 3 is 2.27 bits per heavy atom. The Bertz CT molecular complexity index is 1100. The SMILES string of the molecule is CN(C)c1cccc2c(S(=O)(=O)Nc3ccc(N=C=S)cc3)cccc12. The van der Waals surface area contributed by atoms with Gasteiger partial charge in [-0.25, -0.2) is 8.42 Å². The molecule has 5 nitrogen and oxygen atoms in total. The number of hydrogen-bond acceptors (Lipinski definition) is 5. The highest BCUT2D eigenvalue weighted by molar-refractivity contribution is 7.93. The summed E-state index contributed by atoms with van der Waals surface area (Å²) in [7, 11) is 0.115. The van der Waals surface area contributed by atoms with Crippen LogP contribution in [0, 0.1) is 0 Å². The van der Waals surface area contributed by atoms with E-state index in [0.717, 1.165) is 11.1 Å². The van der Waals surface area contributed by atoms with Crippen LogP contribution < -0.4 is 9.62 Å². The first-order valence-corrected chi connectivity index (χ1v) is 9.71. The van der Waals surface area contributed by atoms with E-state index in [4.69, 9.17) is 0 Å². The molecule has 3 aromatic carbocycles. The van der Waals surface area contributed by atoms with Gasteiger partial charge in [0.05, 0.1) is 15.7 Å². The van der Waals surface area contributed by atoms with Crippen molar-refractivity contribution in [3.05, 3.63) is 60.7 Å². The fourth-order valence-corrected chi connectivity index (χ4v) is 4.14. The molecular weight excluding hydrogens is 366 g/mol. The van der Waals surface area contributed by atoms with E-state index in [0.29, 0.717) is 16.8 Å². The molecule has 26 heavy (non-hydrogen) atoms. The molecule has 0 amide bonds. The highest BCUT2D eigenvalue weighted by Crippen LogP contribution is 2.31. The third-order valence-corrected chi connectivity index (χ3v) is 5.46. The first kappa shape index (κ1) is 18.1. The summed E-state index contributed by atoms with van der Waals surface area (Å²) in [5, 5.41) is 3.83. The maximum atomic E-state index is 12.9. The fraction of sp³-hybridized carbons (Fsp3) is 0.105. The van der Waals surface area contributed by atoms with Crippen LogP contribution in [0.3, 0.4) is 0 Å². The highest BCUT2D eigenvalue weighted by atomic mass is 32.2. The van der Waals surface area contributed by atoms with Gasteiger partial charge in [-0.15, -0.1) is 0 Å². The molecule has 0 saturated heterocycles. The summed E-state index contributed by atoms with van der Waals surface area (Å²) in [6.45, 7) is 0. The maximum Gasteiger partial charge on any atom is 0.262 e. The zero-order chi connectivity index (χ0) is 18.7. The van der Waals surface area contributed by atoms with Gasteiger partial charge in [0, 0.05) is 36.2 Å². The number of nitrogens with one attached hydrogen (secondary N) is 1. The molecular formula is C19H17N3O2S2. The van der Waals surface area contributed by atoms with Crippen LogP contribution in [0.15, 0.2) is 70.6 Å². The molecule has 0 unspecified atom stereocenters. The standard InChI is InChI=1S/C19H17N3O2S2/c1-22(2)18-7-3-6-17-16(18)5-4-8-19(17)26(23,24)21-15-11-9-14(10-12-15)20-13-25/h3-12,21H,1-2H3. The predicted molar refractivity (Wildman–Crippen MR) is 110 cm³/mol. The lowest BCUT2D eigenvalue weighted by atomic mass is 10.1. The van der Waals surface area contributed by atoms with Crippen molar-refractivity contribution >= 4 is 55.2 Å². The van der Waals surface area contributed by atoms with E-state index in [1.54, 1.807) is 36.4 Å². The van der Waals surface area contributed by atoms with Crippen LogP contribution in [-0.4, -0.2) is 27.7 Å². The van der Waals surface area contributed by atoms with E-state index < -0.39 is 10.0 Å². The number of aliphatic imine (C=N–C) groups is 1. The number of benzene rings is 3. The number of fused-ring (bicyclic) bond motifs is 1. The van der Waals surface area contributed by atoms with Crippen LogP contribution in [0.1, 0.15) is 0 Å². The van der Waals surface area contributed by atoms with Crippen LogP contribution >= 0.6 is 12.2 Å². The third kappa shape index (κ3) is 3.60. The lowest BCUT2D eigenvalue weighted by Gasteiger charge is -2.17. The van der Waals surface area contributed by atoms with Crippen molar-refractivity contribution in [1.29, 1.82) is 0 Å². The average Bonchev–Trinajstić information content (AvgIpc) is 2.62. The summed E-state index contributed by atoms with van der Waals surface area (Å²) in [5.41, 5.74) is 2.03. The molecule has 0 atom stereocenters. The summed E-state index contributed by atoms with van der Waals surface area (Å²) in [4.78, 5) is 6.05. The molecule has 7 heteroatoms. The number of hydrogen-bond donors (Lipinski definition) is 1. The van der Waals surface area contributed by atoms with Crippen LogP contribution in [0.4, 0.5) is 17.1 Å². The second-order valence-electron chi connectivity index (χ2n) is 5.88. The largest absolute Gasteiger partial charge is 0.377 e. The molecule has 3 aromatic rings. The van der Waals surface area contributed by atoms with Gasteiger partial charge in [0.1, 0.15) is 0 Å². The molecule has 1 N–H and O–H groups in total. The molecule has 0 saturated carbocycles. The number of anilines is 2. The summed E-state index contributed by atoms with van der Waals surface area (Å²) in [6.07, 6.45) is 0. The monoisotopic (exact) mass is 383 g/mol. The molecule has 0 aliphatic carbocycles. The Morgan fingerprint density at radius 2 is 1.62 bits per heavy atom. The number of isothiocyanates is 1. The van der Waals surface area contributed by atoms with Crippen LogP contribution in [0.25, 0.3) is 10.8 Å². The van der Waals surface area contributed by atoms with E-state index in [-0.39, 0.29) is 4.90 Å². The van der Waals surface area contributed by atoms with Gasteiger partial charge in [0.25, 0.3) is 10.0 Å². The van der Waals surface area contributed by atoms with Crippen molar-refractivity contribution in [1.82, 2.24) is 0 Å². The predicted octanol–water partition coefficient (Wildman–Crippen LogP) is 4.44. The summed E-state index contributed by atoms with van der Waals surface area (Å²) < 4.78 is 28.5. The van der Waals surface area contributed by atoms with Gasteiger partial charge < -0.3 is 4.90 Å². The first-order valence-electron chi connectivity index (χ1n) is 7.82. The molecule has 0 fully saturated rings. The normalized spacial score (nSPS) is 11.0. The fourth-order valence-electron chi connectivity index (χ4n) is 2.76. The number of sulfonamides is 1. The van der Waals surface area contributed by atoms with Gasteiger partial charge >= 0.3 is 0 Å². The summed E-state index contributed by atoms with van der Waals surface area (Å²) in [5.74, 6) is 0. The number of nitrogens with zero attached hydrogens (tertiary/aromatic N) is 2. The maximum absolute atomic E-state index is 12.9. The summed E-state index contributed by atoms with van der Waals surface area (Å²) >= 11 is 4.56. The molecule has 0 aromatic heterocycles. The van der Waals surface area contributed by atoms with E-state index >= 15 is 0 Å². The highest BCUT2D eigenvalue weighted by Gasteiger charge is 2.18. The molecule has 3 rings (SSSR count). The average molecular weight is 383 g/mol. The smallest absolute Gasteiger partial charge is 0.262 e. The molecule has 0 radical (unpaired) electrons. The second-order valence-corrected chi connectivity index (χ2v) is 7.71. The topological polar surface area (TPSA) is 61.8 Å². The minimum atomic E-state index is -3.74. The van der Waals surface area contributed by atoms with Crippen molar-refractivity contribution in [3.63, 3.8) is 0 Å². The van der Waals surface area contributed by atoms with Crippen LogP contribution in [0.2, 0.25) is 0 Å². The Balaban J connectivity index is 2.04. The minimum absolute atomic E-state index is 0.236. The van der Waals surface area contributed by atoms with E-state index in [9.17, 15) is 8.42 Å². The van der Waals surface area contributed by atoms with Crippen molar-refractivity contribution in [2.75, 3.05) is 23.7 Å². The molecule has 0 aliphatic heterocycles. The third-order valence-electron chi connectivity index (χ3n) is 3.92. The van der Waals surface area contributed by atoms with Gasteiger partial charge in [0.15, 0.2) is 0 Å². The summed E-state index contributed by atoms with van der Waals surface area (Å²) in [6, 6.07) is 17.5. The van der Waals surface area contributed by atoms with Crippen LogP contribution in [-0.2, 0) is 10.0 Å². The lowest BCUT2D eigenvalue weighted by Crippen LogP contribution is -2.14. The number of rotatable bonds is 5. The minimum Gasteiger partial charge on any atom is -0.377 e.